The average Bonchev–Trinajstić information content (AvgIpc) is 3.66. The molecule has 0 fully saturated rings. The molecule has 4 aromatic rings. The van der Waals surface area contributed by atoms with Crippen LogP contribution >= 0.6 is 22.7 Å². The largest absolute Gasteiger partial charge is 0.354 e. The molecule has 2 N–H and O–H groups in total. The summed E-state index contributed by atoms with van der Waals surface area (Å²) in [5.74, 6) is 0.904. The SMILES string of the molecule is CCC(CC)n1c(Cc2cccs2)nc2cc(C(=O)NC(CC(C)C)C(=O)NCCc3cccs3)ccc21. The lowest BCUT2D eigenvalue weighted by Gasteiger charge is -2.20. The Morgan fingerprint density at radius 3 is 2.34 bits per heavy atom. The normalized spacial score (nSPS) is 12.4. The van der Waals surface area contributed by atoms with Gasteiger partial charge >= 0.3 is 0 Å². The van der Waals surface area contributed by atoms with Gasteiger partial charge in [-0.25, -0.2) is 4.98 Å². The van der Waals surface area contributed by atoms with Crippen LogP contribution in [0.1, 0.15) is 78.9 Å². The van der Waals surface area contributed by atoms with Crippen molar-refractivity contribution in [3.63, 3.8) is 0 Å². The van der Waals surface area contributed by atoms with Crippen LogP contribution < -0.4 is 10.6 Å². The fraction of sp³-hybridized carbons (Fsp3) is 0.433. The summed E-state index contributed by atoms with van der Waals surface area (Å²) < 4.78 is 2.35. The Bertz CT molecular complexity index is 1320. The maximum Gasteiger partial charge on any atom is 0.252 e. The molecule has 0 aliphatic rings. The Hall–Kier alpha value is -2.97. The van der Waals surface area contributed by atoms with Crippen molar-refractivity contribution in [2.45, 2.75) is 71.9 Å². The summed E-state index contributed by atoms with van der Waals surface area (Å²) in [5, 5.41) is 10.1. The minimum Gasteiger partial charge on any atom is -0.354 e. The van der Waals surface area contributed by atoms with E-state index in [-0.39, 0.29) is 17.7 Å². The van der Waals surface area contributed by atoms with E-state index in [2.05, 4.69) is 66.5 Å². The maximum atomic E-state index is 13.3. The standard InChI is InChI=1S/C30H38N4O2S2/c1-5-22(6-2)34-27-12-11-21(18-25(27)32-28(34)19-24-10-8-16-38-24)29(35)33-26(17-20(3)4)30(36)31-14-13-23-9-7-15-37-23/h7-12,15-16,18,20,22,26H,5-6,13-14,17,19H2,1-4H3,(H,31,36)(H,33,35). The van der Waals surface area contributed by atoms with E-state index in [1.807, 2.05) is 29.6 Å². The summed E-state index contributed by atoms with van der Waals surface area (Å²) in [5.41, 5.74) is 2.39. The maximum absolute atomic E-state index is 13.3. The minimum atomic E-state index is -0.585. The lowest BCUT2D eigenvalue weighted by atomic mass is 10.0. The van der Waals surface area contributed by atoms with Crippen LogP contribution in [0.25, 0.3) is 11.0 Å². The molecule has 0 radical (unpaired) electrons. The van der Waals surface area contributed by atoms with Gasteiger partial charge < -0.3 is 15.2 Å². The molecule has 0 saturated heterocycles. The summed E-state index contributed by atoms with van der Waals surface area (Å²) >= 11 is 3.42. The van der Waals surface area contributed by atoms with Crippen LogP contribution in [-0.2, 0) is 17.6 Å². The highest BCUT2D eigenvalue weighted by molar-refractivity contribution is 7.10. The second-order valence-electron chi connectivity index (χ2n) is 10.1. The molecule has 3 heterocycles. The van der Waals surface area contributed by atoms with Gasteiger partial charge in [0.25, 0.3) is 5.91 Å². The van der Waals surface area contributed by atoms with Crippen molar-refractivity contribution < 1.29 is 9.59 Å². The Kier molecular flexibility index (Phi) is 9.74. The van der Waals surface area contributed by atoms with Crippen molar-refractivity contribution in [3.8, 4) is 0 Å². The predicted octanol–water partition coefficient (Wildman–Crippen LogP) is 6.61. The fourth-order valence-corrected chi connectivity index (χ4v) is 6.29. The number of imidazole rings is 1. The number of amides is 2. The minimum absolute atomic E-state index is 0.138. The lowest BCUT2D eigenvalue weighted by molar-refractivity contribution is -0.123. The van der Waals surface area contributed by atoms with E-state index in [0.717, 1.165) is 42.5 Å². The van der Waals surface area contributed by atoms with Crippen molar-refractivity contribution in [1.29, 1.82) is 0 Å². The number of nitrogens with zero attached hydrogens (tertiary/aromatic N) is 2. The van der Waals surface area contributed by atoms with Gasteiger partial charge in [-0.2, -0.15) is 0 Å². The molecule has 0 aliphatic carbocycles. The van der Waals surface area contributed by atoms with E-state index in [0.29, 0.717) is 24.6 Å². The van der Waals surface area contributed by atoms with Gasteiger partial charge in [-0.15, -0.1) is 22.7 Å². The van der Waals surface area contributed by atoms with Gasteiger partial charge in [-0.05, 0) is 72.7 Å². The summed E-state index contributed by atoms with van der Waals surface area (Å²) in [6.45, 7) is 9.08. The number of carbonyl (C=O) groups is 2. The second-order valence-corrected chi connectivity index (χ2v) is 12.2. The molecule has 1 atom stereocenters. The van der Waals surface area contributed by atoms with Gasteiger partial charge in [-0.1, -0.05) is 39.8 Å². The first kappa shape index (κ1) is 28.0. The molecular weight excluding hydrogens is 512 g/mol. The molecule has 2 amide bonds. The van der Waals surface area contributed by atoms with Gasteiger partial charge in [0.1, 0.15) is 11.9 Å². The Morgan fingerprint density at radius 1 is 1.00 bits per heavy atom. The Morgan fingerprint density at radius 2 is 1.71 bits per heavy atom. The lowest BCUT2D eigenvalue weighted by Crippen LogP contribution is -2.47. The zero-order chi connectivity index (χ0) is 27.1. The zero-order valence-corrected chi connectivity index (χ0v) is 24.3. The van der Waals surface area contributed by atoms with Gasteiger partial charge in [0.15, 0.2) is 0 Å². The monoisotopic (exact) mass is 550 g/mol. The topological polar surface area (TPSA) is 76.0 Å². The molecule has 202 valence electrons. The van der Waals surface area contributed by atoms with Crippen LogP contribution in [0.4, 0.5) is 0 Å². The third kappa shape index (κ3) is 6.91. The number of hydrogen-bond acceptors (Lipinski definition) is 5. The van der Waals surface area contributed by atoms with E-state index >= 15 is 0 Å². The number of rotatable bonds is 13. The molecule has 3 aromatic heterocycles. The summed E-state index contributed by atoms with van der Waals surface area (Å²) in [6.07, 6.45) is 4.16. The third-order valence-corrected chi connectivity index (χ3v) is 8.64. The number of carbonyl (C=O) groups excluding carboxylic acids is 2. The van der Waals surface area contributed by atoms with Crippen LogP contribution in [0, 0.1) is 5.92 Å². The van der Waals surface area contributed by atoms with Gasteiger partial charge in [-0.3, -0.25) is 9.59 Å². The molecule has 0 spiro atoms. The van der Waals surface area contributed by atoms with Crippen LogP contribution in [0.5, 0.6) is 0 Å². The number of hydrogen-bond donors (Lipinski definition) is 2. The molecule has 0 aliphatic heterocycles. The second kappa shape index (κ2) is 13.2. The smallest absolute Gasteiger partial charge is 0.252 e. The van der Waals surface area contributed by atoms with Crippen molar-refractivity contribution in [3.05, 3.63) is 74.4 Å². The Labute approximate surface area is 233 Å². The van der Waals surface area contributed by atoms with Crippen LogP contribution in [0.2, 0.25) is 0 Å². The van der Waals surface area contributed by atoms with E-state index in [9.17, 15) is 9.59 Å². The van der Waals surface area contributed by atoms with Crippen LogP contribution in [0.3, 0.4) is 0 Å². The van der Waals surface area contributed by atoms with E-state index in [1.165, 1.54) is 9.75 Å². The van der Waals surface area contributed by atoms with Crippen molar-refractivity contribution in [2.75, 3.05) is 6.54 Å². The molecule has 0 saturated carbocycles. The number of fused-ring (bicyclic) bond motifs is 1. The third-order valence-electron chi connectivity index (χ3n) is 6.82. The van der Waals surface area contributed by atoms with Gasteiger partial charge in [0.2, 0.25) is 5.91 Å². The predicted molar refractivity (Wildman–Crippen MR) is 158 cm³/mol. The Balaban J connectivity index is 1.53. The van der Waals surface area contributed by atoms with Crippen LogP contribution in [-0.4, -0.2) is 34.0 Å². The number of nitrogens with one attached hydrogen (secondary N) is 2. The molecule has 4 rings (SSSR count). The van der Waals surface area contributed by atoms with Crippen LogP contribution in [0.15, 0.2) is 53.2 Å². The fourth-order valence-electron chi connectivity index (χ4n) is 4.88. The molecule has 0 bridgehead atoms. The van der Waals surface area contributed by atoms with Crippen molar-refractivity contribution in [2.24, 2.45) is 5.92 Å². The van der Waals surface area contributed by atoms with Crippen molar-refractivity contribution >= 4 is 45.5 Å². The van der Waals surface area contributed by atoms with E-state index in [4.69, 9.17) is 4.98 Å². The van der Waals surface area contributed by atoms with Crippen molar-refractivity contribution in [1.82, 2.24) is 20.2 Å². The van der Waals surface area contributed by atoms with E-state index < -0.39 is 6.04 Å². The molecule has 1 aromatic carbocycles. The average molecular weight is 551 g/mol. The zero-order valence-electron chi connectivity index (χ0n) is 22.7. The number of aromatic nitrogens is 2. The molecule has 8 heteroatoms. The molecule has 6 nitrogen and oxygen atoms in total. The summed E-state index contributed by atoms with van der Waals surface area (Å²) in [6, 6.07) is 13.8. The number of benzene rings is 1. The first-order valence-electron chi connectivity index (χ1n) is 13.5. The molecular formula is C30H38N4O2S2. The number of thiophene rings is 2. The summed E-state index contributed by atoms with van der Waals surface area (Å²) in [4.78, 5) is 33.8. The van der Waals surface area contributed by atoms with Gasteiger partial charge in [0.05, 0.1) is 11.0 Å². The molecule has 1 unspecified atom stereocenters. The van der Waals surface area contributed by atoms with Gasteiger partial charge in [0, 0.05) is 34.3 Å². The molecule has 38 heavy (non-hydrogen) atoms. The summed E-state index contributed by atoms with van der Waals surface area (Å²) in [7, 11) is 0. The highest BCUT2D eigenvalue weighted by Crippen LogP contribution is 2.28. The van der Waals surface area contributed by atoms with E-state index in [1.54, 1.807) is 22.7 Å². The first-order valence-corrected chi connectivity index (χ1v) is 15.3. The highest BCUT2D eigenvalue weighted by atomic mass is 32.1. The first-order chi connectivity index (χ1) is 18.4. The highest BCUT2D eigenvalue weighted by Gasteiger charge is 2.24. The quantitative estimate of drug-likeness (QED) is 0.197.